The van der Waals surface area contributed by atoms with Crippen molar-refractivity contribution in [3.05, 3.63) is 53.0 Å². The first-order valence-electron chi connectivity index (χ1n) is 11.7. The predicted octanol–water partition coefficient (Wildman–Crippen LogP) is 6.70. The summed E-state index contributed by atoms with van der Waals surface area (Å²) >= 11 is 1.66. The van der Waals surface area contributed by atoms with E-state index >= 15 is 0 Å². The van der Waals surface area contributed by atoms with Crippen molar-refractivity contribution in [2.45, 2.75) is 65.3 Å². The number of thiazole rings is 1. The van der Waals surface area contributed by atoms with Gasteiger partial charge in [-0.3, -0.25) is 4.79 Å². The van der Waals surface area contributed by atoms with Gasteiger partial charge >= 0.3 is 0 Å². The zero-order valence-corrected chi connectivity index (χ0v) is 19.5. The van der Waals surface area contributed by atoms with Gasteiger partial charge in [0.25, 0.3) is 5.91 Å². The zero-order valence-electron chi connectivity index (χ0n) is 18.7. The van der Waals surface area contributed by atoms with Crippen molar-refractivity contribution in [3.8, 4) is 22.0 Å². The van der Waals surface area contributed by atoms with E-state index in [9.17, 15) is 4.79 Å². The van der Waals surface area contributed by atoms with Crippen LogP contribution >= 0.6 is 11.3 Å². The summed E-state index contributed by atoms with van der Waals surface area (Å²) in [6.45, 7) is 5.97. The van der Waals surface area contributed by atoms with Crippen molar-refractivity contribution in [2.24, 2.45) is 5.92 Å². The maximum atomic E-state index is 13.1. The molecule has 1 aliphatic carbocycles. The number of aromatic nitrogens is 2. The lowest BCUT2D eigenvalue weighted by atomic mass is 9.89. The minimum atomic E-state index is 0.0538. The van der Waals surface area contributed by atoms with Crippen LogP contribution in [0.15, 0.2) is 41.8 Å². The van der Waals surface area contributed by atoms with Gasteiger partial charge in [-0.05, 0) is 38.2 Å². The van der Waals surface area contributed by atoms with Gasteiger partial charge in [0, 0.05) is 29.7 Å². The van der Waals surface area contributed by atoms with Crippen LogP contribution in [0.25, 0.3) is 22.0 Å². The van der Waals surface area contributed by atoms with E-state index in [2.05, 4.69) is 41.2 Å². The molecule has 2 aromatic heterocycles. The highest BCUT2D eigenvalue weighted by Gasteiger charge is 2.21. The summed E-state index contributed by atoms with van der Waals surface area (Å²) in [6, 6.07) is 12.3. The normalized spacial score (nSPS) is 14.6. The van der Waals surface area contributed by atoms with E-state index in [1.54, 1.807) is 11.3 Å². The Morgan fingerprint density at radius 3 is 2.71 bits per heavy atom. The Kier molecular flexibility index (Phi) is 7.23. The molecule has 0 saturated heterocycles. The van der Waals surface area contributed by atoms with Crippen molar-refractivity contribution in [3.63, 3.8) is 0 Å². The fourth-order valence-corrected chi connectivity index (χ4v) is 5.34. The van der Waals surface area contributed by atoms with Crippen LogP contribution in [-0.4, -0.2) is 22.0 Å². The highest BCUT2D eigenvalue weighted by Crippen LogP contribution is 2.32. The quantitative estimate of drug-likeness (QED) is 0.428. The fraction of sp³-hybridized carbons (Fsp3) is 0.462. The van der Waals surface area contributed by atoms with E-state index in [1.807, 2.05) is 24.3 Å². The molecule has 164 valence electrons. The standard InChI is InChI=1S/C26H33N3OS/c1-3-4-15-29-19(2)22(25(30)27-17-20-11-7-5-8-12-20)16-24(29)23-18-31-26(28-23)21-13-9-6-10-14-21/h6,9-10,13-14,16,18,20H,3-5,7-8,11-12,15,17H2,1-2H3,(H,27,30). The van der Waals surface area contributed by atoms with Crippen LogP contribution in [0.5, 0.6) is 0 Å². The van der Waals surface area contributed by atoms with Crippen LogP contribution in [-0.2, 0) is 6.54 Å². The Labute approximate surface area is 189 Å². The van der Waals surface area contributed by atoms with Gasteiger partial charge in [-0.2, -0.15) is 0 Å². The minimum absolute atomic E-state index is 0.0538. The number of nitrogens with zero attached hydrogens (tertiary/aromatic N) is 2. The van der Waals surface area contributed by atoms with Gasteiger partial charge < -0.3 is 9.88 Å². The molecule has 4 rings (SSSR count). The van der Waals surface area contributed by atoms with Gasteiger partial charge in [-0.1, -0.05) is 62.9 Å². The van der Waals surface area contributed by atoms with Crippen molar-refractivity contribution < 1.29 is 4.79 Å². The highest BCUT2D eigenvalue weighted by atomic mass is 32.1. The molecule has 1 aliphatic rings. The highest BCUT2D eigenvalue weighted by molar-refractivity contribution is 7.13. The van der Waals surface area contributed by atoms with Crippen molar-refractivity contribution in [1.82, 2.24) is 14.9 Å². The van der Waals surface area contributed by atoms with Crippen molar-refractivity contribution in [2.75, 3.05) is 6.54 Å². The number of amides is 1. The van der Waals surface area contributed by atoms with Crippen molar-refractivity contribution >= 4 is 17.2 Å². The summed E-state index contributed by atoms with van der Waals surface area (Å²) in [5, 5.41) is 6.35. The Morgan fingerprint density at radius 1 is 1.19 bits per heavy atom. The Bertz CT molecular complexity index is 999. The third-order valence-electron chi connectivity index (χ3n) is 6.41. The predicted molar refractivity (Wildman–Crippen MR) is 130 cm³/mol. The van der Waals surface area contributed by atoms with Gasteiger partial charge in [0.15, 0.2) is 0 Å². The van der Waals surface area contributed by atoms with E-state index in [1.165, 1.54) is 32.1 Å². The average molecular weight is 436 g/mol. The molecule has 0 aliphatic heterocycles. The van der Waals surface area contributed by atoms with Crippen LogP contribution in [0.4, 0.5) is 0 Å². The summed E-state index contributed by atoms with van der Waals surface area (Å²) in [4.78, 5) is 18.0. The molecule has 2 heterocycles. The summed E-state index contributed by atoms with van der Waals surface area (Å²) in [6.07, 6.45) is 8.61. The molecule has 1 saturated carbocycles. The molecule has 1 aromatic carbocycles. The summed E-state index contributed by atoms with van der Waals surface area (Å²) in [5.74, 6) is 0.685. The lowest BCUT2D eigenvalue weighted by Gasteiger charge is -2.21. The second-order valence-corrected chi connectivity index (χ2v) is 9.51. The largest absolute Gasteiger partial charge is 0.352 e. The maximum absolute atomic E-state index is 13.1. The molecule has 5 heteroatoms. The van der Waals surface area contributed by atoms with E-state index in [-0.39, 0.29) is 5.91 Å². The van der Waals surface area contributed by atoms with Gasteiger partial charge in [0.2, 0.25) is 0 Å². The van der Waals surface area contributed by atoms with Gasteiger partial charge in [0.05, 0.1) is 17.0 Å². The molecule has 0 bridgehead atoms. The minimum Gasteiger partial charge on any atom is -0.352 e. The van der Waals surface area contributed by atoms with Crippen LogP contribution in [0.3, 0.4) is 0 Å². The molecule has 1 N–H and O–H groups in total. The summed E-state index contributed by atoms with van der Waals surface area (Å²) in [7, 11) is 0. The second kappa shape index (κ2) is 10.3. The van der Waals surface area contributed by atoms with E-state index in [4.69, 9.17) is 4.98 Å². The molecule has 0 spiro atoms. The van der Waals surface area contributed by atoms with Gasteiger partial charge in [-0.25, -0.2) is 4.98 Å². The summed E-state index contributed by atoms with van der Waals surface area (Å²) < 4.78 is 2.28. The molecule has 0 radical (unpaired) electrons. The number of carbonyl (C=O) groups is 1. The van der Waals surface area contributed by atoms with Gasteiger partial charge in [-0.15, -0.1) is 11.3 Å². The lowest BCUT2D eigenvalue weighted by Crippen LogP contribution is -2.30. The van der Waals surface area contributed by atoms with Crippen LogP contribution in [0.2, 0.25) is 0 Å². The monoisotopic (exact) mass is 435 g/mol. The summed E-state index contributed by atoms with van der Waals surface area (Å²) in [5.41, 5.74) is 4.96. The maximum Gasteiger partial charge on any atom is 0.253 e. The number of benzene rings is 1. The van der Waals surface area contributed by atoms with Crippen LogP contribution < -0.4 is 5.32 Å². The molecule has 3 aromatic rings. The first-order chi connectivity index (χ1) is 15.2. The molecule has 1 fully saturated rings. The first-order valence-corrected chi connectivity index (χ1v) is 12.5. The fourth-order valence-electron chi connectivity index (χ4n) is 4.52. The van der Waals surface area contributed by atoms with Crippen LogP contribution in [0, 0.1) is 12.8 Å². The number of nitrogens with one attached hydrogen (secondary N) is 1. The smallest absolute Gasteiger partial charge is 0.253 e. The van der Waals surface area contributed by atoms with E-state index in [0.29, 0.717) is 5.92 Å². The third kappa shape index (κ3) is 5.09. The van der Waals surface area contributed by atoms with Gasteiger partial charge in [0.1, 0.15) is 5.01 Å². The first kappa shape index (κ1) is 21.8. The number of carbonyl (C=O) groups excluding carboxylic acids is 1. The Hall–Kier alpha value is -2.40. The topological polar surface area (TPSA) is 46.9 Å². The molecule has 1 amide bonds. The Balaban J connectivity index is 1.58. The van der Waals surface area contributed by atoms with Crippen molar-refractivity contribution in [1.29, 1.82) is 0 Å². The second-order valence-electron chi connectivity index (χ2n) is 8.65. The number of unbranched alkanes of at least 4 members (excludes halogenated alkanes) is 1. The molecular formula is C26H33N3OS. The number of hydrogen-bond acceptors (Lipinski definition) is 3. The van der Waals surface area contributed by atoms with Crippen LogP contribution in [0.1, 0.15) is 67.9 Å². The molecule has 0 unspecified atom stereocenters. The molecule has 4 nitrogen and oxygen atoms in total. The average Bonchev–Trinajstić information content (AvgIpc) is 3.42. The number of hydrogen-bond donors (Lipinski definition) is 1. The Morgan fingerprint density at radius 2 is 1.97 bits per heavy atom. The zero-order chi connectivity index (χ0) is 21.6. The molecule has 31 heavy (non-hydrogen) atoms. The number of rotatable bonds is 8. The lowest BCUT2D eigenvalue weighted by molar-refractivity contribution is 0.0943. The SMILES string of the molecule is CCCCn1c(-c2csc(-c3ccccc3)n2)cc(C(=O)NCC2CCCCC2)c1C. The molecular weight excluding hydrogens is 402 g/mol. The van der Waals surface area contributed by atoms with E-state index < -0.39 is 0 Å². The van der Waals surface area contributed by atoms with E-state index in [0.717, 1.165) is 59.1 Å². The molecule has 0 atom stereocenters. The third-order valence-corrected chi connectivity index (χ3v) is 7.30.